The minimum absolute atomic E-state index is 0.450. The molecule has 3 rings (SSSR count). The fraction of sp³-hybridized carbons (Fsp3) is 0.421. The third kappa shape index (κ3) is 4.45. The molecule has 0 saturated heterocycles. The summed E-state index contributed by atoms with van der Waals surface area (Å²) in [5.41, 5.74) is 2.53. The average molecular weight is 359 g/mol. The van der Waals surface area contributed by atoms with Gasteiger partial charge in [-0.05, 0) is 46.0 Å². The Balaban J connectivity index is 1.58. The molecule has 1 aliphatic heterocycles. The summed E-state index contributed by atoms with van der Waals surface area (Å²) in [6.07, 6.45) is 0. The van der Waals surface area contributed by atoms with E-state index >= 15 is 0 Å². The van der Waals surface area contributed by atoms with Crippen molar-refractivity contribution in [1.29, 1.82) is 0 Å². The van der Waals surface area contributed by atoms with Gasteiger partial charge < -0.3 is 19.7 Å². The number of benzene rings is 1. The third-order valence-corrected chi connectivity index (χ3v) is 4.98. The second-order valence-electron chi connectivity index (χ2n) is 6.22. The molecule has 0 bridgehead atoms. The lowest BCUT2D eigenvalue weighted by Gasteiger charge is -2.24. The van der Waals surface area contributed by atoms with Gasteiger partial charge in [0.25, 0.3) is 0 Å². The van der Waals surface area contributed by atoms with E-state index in [0.29, 0.717) is 19.1 Å². The van der Waals surface area contributed by atoms with Crippen LogP contribution in [-0.4, -0.2) is 44.7 Å². The molecule has 1 N–H and O–H groups in total. The van der Waals surface area contributed by atoms with Crippen molar-refractivity contribution in [2.45, 2.75) is 19.4 Å². The lowest BCUT2D eigenvalue weighted by molar-refractivity contribution is 0.171. The molecule has 0 radical (unpaired) electrons. The Morgan fingerprint density at radius 1 is 1.28 bits per heavy atom. The monoisotopic (exact) mass is 359 g/mol. The Kier molecular flexibility index (Phi) is 5.81. The second-order valence-corrected chi connectivity index (χ2v) is 7.00. The standard InChI is InChI=1S/C19H25N3O2S/c1-14(16-6-9-25-13-16)11-21-19(20-2)22(3)12-15-4-5-17-18(10-15)24-8-7-23-17/h4-6,9-10,13-14H,7-8,11-12H2,1-3H3,(H,20,21). The Labute approximate surface area is 153 Å². The van der Waals surface area contributed by atoms with Gasteiger partial charge in [0.2, 0.25) is 0 Å². The number of nitrogens with zero attached hydrogens (tertiary/aromatic N) is 2. The zero-order chi connectivity index (χ0) is 17.6. The largest absolute Gasteiger partial charge is 0.486 e. The highest BCUT2D eigenvalue weighted by Crippen LogP contribution is 2.31. The smallest absolute Gasteiger partial charge is 0.193 e. The molecule has 1 aliphatic rings. The van der Waals surface area contributed by atoms with E-state index in [1.807, 2.05) is 26.2 Å². The minimum Gasteiger partial charge on any atom is -0.486 e. The summed E-state index contributed by atoms with van der Waals surface area (Å²) in [5, 5.41) is 7.79. The number of aliphatic imine (C=N–C) groups is 1. The average Bonchev–Trinajstić information content (AvgIpc) is 3.17. The first kappa shape index (κ1) is 17.6. The highest BCUT2D eigenvalue weighted by Gasteiger charge is 2.14. The molecule has 0 fully saturated rings. The summed E-state index contributed by atoms with van der Waals surface area (Å²) in [6.45, 7) is 5.06. The van der Waals surface area contributed by atoms with Crippen LogP contribution in [0.1, 0.15) is 24.0 Å². The fourth-order valence-corrected chi connectivity index (χ4v) is 3.62. The van der Waals surface area contributed by atoms with Gasteiger partial charge in [-0.25, -0.2) is 0 Å². The van der Waals surface area contributed by atoms with Crippen molar-refractivity contribution >= 4 is 17.3 Å². The van der Waals surface area contributed by atoms with Crippen molar-refractivity contribution in [3.05, 3.63) is 46.2 Å². The van der Waals surface area contributed by atoms with Crippen LogP contribution in [0.25, 0.3) is 0 Å². The lowest BCUT2D eigenvalue weighted by Crippen LogP contribution is -2.40. The van der Waals surface area contributed by atoms with Crippen LogP contribution in [0.15, 0.2) is 40.0 Å². The van der Waals surface area contributed by atoms with E-state index in [2.05, 4.69) is 45.0 Å². The van der Waals surface area contributed by atoms with Gasteiger partial charge in [-0.2, -0.15) is 11.3 Å². The highest BCUT2D eigenvalue weighted by atomic mass is 32.1. The molecule has 0 saturated carbocycles. The van der Waals surface area contributed by atoms with Crippen LogP contribution >= 0.6 is 11.3 Å². The zero-order valence-electron chi connectivity index (χ0n) is 15.0. The lowest BCUT2D eigenvalue weighted by atomic mass is 10.1. The number of thiophene rings is 1. The van der Waals surface area contributed by atoms with Gasteiger partial charge in [0.1, 0.15) is 13.2 Å². The molecule has 2 aromatic rings. The minimum atomic E-state index is 0.450. The highest BCUT2D eigenvalue weighted by molar-refractivity contribution is 7.07. The third-order valence-electron chi connectivity index (χ3n) is 4.28. The quantitative estimate of drug-likeness (QED) is 0.657. The number of nitrogens with one attached hydrogen (secondary N) is 1. The van der Waals surface area contributed by atoms with Crippen LogP contribution < -0.4 is 14.8 Å². The first-order valence-electron chi connectivity index (χ1n) is 8.49. The Bertz CT molecular complexity index is 715. The molecule has 0 amide bonds. The summed E-state index contributed by atoms with van der Waals surface area (Å²) in [5.74, 6) is 2.98. The Morgan fingerprint density at radius 3 is 2.80 bits per heavy atom. The van der Waals surface area contributed by atoms with Crippen molar-refractivity contribution < 1.29 is 9.47 Å². The number of hydrogen-bond donors (Lipinski definition) is 1. The molecule has 134 valence electrons. The van der Waals surface area contributed by atoms with E-state index in [-0.39, 0.29) is 0 Å². The SMILES string of the molecule is CN=C(NCC(C)c1ccsc1)N(C)Cc1ccc2c(c1)OCCO2. The van der Waals surface area contributed by atoms with Gasteiger partial charge in [-0.15, -0.1) is 0 Å². The fourth-order valence-electron chi connectivity index (χ4n) is 2.84. The maximum atomic E-state index is 5.66. The molecule has 25 heavy (non-hydrogen) atoms. The van der Waals surface area contributed by atoms with Crippen molar-refractivity contribution in [2.75, 3.05) is 33.9 Å². The molecule has 1 aromatic heterocycles. The molecule has 6 heteroatoms. The summed E-state index contributed by atoms with van der Waals surface area (Å²) in [7, 11) is 3.86. The number of rotatable bonds is 5. The van der Waals surface area contributed by atoms with Crippen LogP contribution in [0, 0.1) is 0 Å². The molecule has 0 spiro atoms. The normalized spacial score (nSPS) is 14.9. The van der Waals surface area contributed by atoms with E-state index in [0.717, 1.165) is 30.5 Å². The van der Waals surface area contributed by atoms with Gasteiger partial charge in [-0.3, -0.25) is 4.99 Å². The van der Waals surface area contributed by atoms with Crippen LogP contribution in [0.3, 0.4) is 0 Å². The maximum absolute atomic E-state index is 5.66. The molecular formula is C19H25N3O2S. The van der Waals surface area contributed by atoms with E-state index in [9.17, 15) is 0 Å². The van der Waals surface area contributed by atoms with Crippen LogP contribution in [-0.2, 0) is 6.54 Å². The van der Waals surface area contributed by atoms with Crippen molar-refractivity contribution in [2.24, 2.45) is 4.99 Å². The van der Waals surface area contributed by atoms with Crippen molar-refractivity contribution in [3.8, 4) is 11.5 Å². The molecule has 2 heterocycles. The van der Waals surface area contributed by atoms with Crippen LogP contribution in [0.2, 0.25) is 0 Å². The molecule has 1 atom stereocenters. The molecular weight excluding hydrogens is 334 g/mol. The molecule has 0 aliphatic carbocycles. The van der Waals surface area contributed by atoms with Crippen molar-refractivity contribution in [1.82, 2.24) is 10.2 Å². The van der Waals surface area contributed by atoms with Crippen molar-refractivity contribution in [3.63, 3.8) is 0 Å². The summed E-state index contributed by atoms with van der Waals surface area (Å²) in [6, 6.07) is 8.28. The molecule has 5 nitrogen and oxygen atoms in total. The van der Waals surface area contributed by atoms with E-state index in [1.54, 1.807) is 11.3 Å². The Morgan fingerprint density at radius 2 is 2.08 bits per heavy atom. The van der Waals surface area contributed by atoms with Gasteiger partial charge >= 0.3 is 0 Å². The van der Waals surface area contributed by atoms with E-state index < -0.39 is 0 Å². The van der Waals surface area contributed by atoms with E-state index in [1.165, 1.54) is 11.1 Å². The molecule has 1 unspecified atom stereocenters. The first-order chi connectivity index (χ1) is 12.2. The number of guanidine groups is 1. The summed E-state index contributed by atoms with van der Waals surface area (Å²) >= 11 is 1.74. The predicted octanol–water partition coefficient (Wildman–Crippen LogP) is 3.33. The second kappa shape index (κ2) is 8.25. The van der Waals surface area contributed by atoms with Crippen LogP contribution in [0.4, 0.5) is 0 Å². The van der Waals surface area contributed by atoms with Gasteiger partial charge in [0.05, 0.1) is 0 Å². The van der Waals surface area contributed by atoms with E-state index in [4.69, 9.17) is 9.47 Å². The zero-order valence-corrected chi connectivity index (χ0v) is 15.8. The Hall–Kier alpha value is -2.21. The summed E-state index contributed by atoms with van der Waals surface area (Å²) in [4.78, 5) is 6.52. The summed E-state index contributed by atoms with van der Waals surface area (Å²) < 4.78 is 11.2. The predicted molar refractivity (Wildman–Crippen MR) is 103 cm³/mol. The first-order valence-corrected chi connectivity index (χ1v) is 9.44. The van der Waals surface area contributed by atoms with Gasteiger partial charge in [0.15, 0.2) is 17.5 Å². The van der Waals surface area contributed by atoms with Gasteiger partial charge in [-0.1, -0.05) is 13.0 Å². The number of ether oxygens (including phenoxy) is 2. The number of fused-ring (bicyclic) bond motifs is 1. The topological polar surface area (TPSA) is 46.1 Å². The molecule has 1 aromatic carbocycles. The van der Waals surface area contributed by atoms with Crippen LogP contribution in [0.5, 0.6) is 11.5 Å². The number of hydrogen-bond acceptors (Lipinski definition) is 4. The maximum Gasteiger partial charge on any atom is 0.193 e. The van der Waals surface area contributed by atoms with Gasteiger partial charge in [0, 0.05) is 27.2 Å².